The van der Waals surface area contributed by atoms with Crippen molar-refractivity contribution < 1.29 is 9.53 Å². The number of hydrogen-bond acceptors (Lipinski definition) is 3. The Balaban J connectivity index is 1.48. The van der Waals surface area contributed by atoms with Crippen molar-refractivity contribution in [1.29, 1.82) is 0 Å². The molecule has 2 heterocycles. The van der Waals surface area contributed by atoms with Crippen molar-refractivity contribution in [1.82, 2.24) is 14.5 Å². The minimum atomic E-state index is -0.122. The smallest absolute Gasteiger partial charge is 0.331 e. The third kappa shape index (κ3) is 2.81. The normalized spacial score (nSPS) is 17.2. The molecule has 0 N–H and O–H groups in total. The van der Waals surface area contributed by atoms with Crippen molar-refractivity contribution in [2.45, 2.75) is 6.10 Å². The van der Waals surface area contributed by atoms with Gasteiger partial charge in [0.05, 0.1) is 12.2 Å². The number of hydrogen-bond donors (Lipinski definition) is 0. The Labute approximate surface area is 140 Å². The summed E-state index contributed by atoms with van der Waals surface area (Å²) in [6.45, 7) is 0.832. The average Bonchev–Trinajstić information content (AvgIpc) is 3.33. The Morgan fingerprint density at radius 3 is 2.50 bits per heavy atom. The van der Waals surface area contributed by atoms with Gasteiger partial charge in [0.1, 0.15) is 19.2 Å². The summed E-state index contributed by atoms with van der Waals surface area (Å²) in [4.78, 5) is 18.7. The first kappa shape index (κ1) is 14.7. The van der Waals surface area contributed by atoms with Gasteiger partial charge in [0.2, 0.25) is 0 Å². The molecule has 0 aliphatic carbocycles. The maximum absolute atomic E-state index is 12.6. The van der Waals surface area contributed by atoms with E-state index in [1.54, 1.807) is 17.4 Å². The van der Waals surface area contributed by atoms with Crippen LogP contribution in [0, 0.1) is 0 Å². The van der Waals surface area contributed by atoms with Gasteiger partial charge in [-0.3, -0.25) is 9.47 Å². The van der Waals surface area contributed by atoms with Crippen molar-refractivity contribution in [3.63, 3.8) is 0 Å². The maximum atomic E-state index is 12.6. The number of nitrogens with zero attached hydrogens (tertiary/aromatic N) is 3. The molecule has 1 aliphatic heterocycles. The second kappa shape index (κ2) is 6.29. The fourth-order valence-corrected chi connectivity index (χ4v) is 2.84. The van der Waals surface area contributed by atoms with Gasteiger partial charge in [0, 0.05) is 11.8 Å². The Bertz CT molecular complexity index is 830. The molecule has 1 amide bonds. The summed E-state index contributed by atoms with van der Waals surface area (Å²) < 4.78 is 7.27. The zero-order valence-electron chi connectivity index (χ0n) is 13.1. The van der Waals surface area contributed by atoms with Crippen molar-refractivity contribution >= 4 is 6.03 Å². The van der Waals surface area contributed by atoms with Crippen LogP contribution >= 0.6 is 0 Å². The first-order valence-corrected chi connectivity index (χ1v) is 7.86. The van der Waals surface area contributed by atoms with Gasteiger partial charge in [0.15, 0.2) is 0 Å². The zero-order chi connectivity index (χ0) is 16.4. The van der Waals surface area contributed by atoms with Crippen molar-refractivity contribution in [2.75, 3.05) is 13.3 Å². The highest BCUT2D eigenvalue weighted by atomic mass is 16.5. The molecule has 0 spiro atoms. The summed E-state index contributed by atoms with van der Waals surface area (Å²) in [5.74, 6) is 0. The van der Waals surface area contributed by atoms with E-state index in [9.17, 15) is 4.79 Å². The van der Waals surface area contributed by atoms with E-state index in [2.05, 4.69) is 4.98 Å². The first-order valence-electron chi connectivity index (χ1n) is 7.86. The lowest BCUT2D eigenvalue weighted by Crippen LogP contribution is -2.32. The van der Waals surface area contributed by atoms with Gasteiger partial charge in [-0.05, 0) is 5.56 Å². The van der Waals surface area contributed by atoms with Crippen LogP contribution in [-0.2, 0) is 4.74 Å². The summed E-state index contributed by atoms with van der Waals surface area (Å²) in [7, 11) is 0. The van der Waals surface area contributed by atoms with E-state index in [1.807, 2.05) is 60.7 Å². The van der Waals surface area contributed by atoms with Crippen LogP contribution in [-0.4, -0.2) is 33.8 Å². The second-order valence-electron chi connectivity index (χ2n) is 5.73. The number of amides is 1. The van der Waals surface area contributed by atoms with Gasteiger partial charge in [-0.25, -0.2) is 9.78 Å². The van der Waals surface area contributed by atoms with E-state index >= 15 is 0 Å². The molecule has 1 fully saturated rings. The van der Waals surface area contributed by atoms with E-state index in [1.165, 1.54) is 4.57 Å². The summed E-state index contributed by atoms with van der Waals surface area (Å²) in [5.41, 5.74) is 2.86. The van der Waals surface area contributed by atoms with Crippen LogP contribution in [0.4, 0.5) is 4.79 Å². The highest BCUT2D eigenvalue weighted by molar-refractivity contribution is 5.78. The lowest BCUT2D eigenvalue weighted by Gasteiger charge is -2.14. The summed E-state index contributed by atoms with van der Waals surface area (Å²) >= 11 is 0. The van der Waals surface area contributed by atoms with E-state index < -0.39 is 0 Å². The standard InChI is InChI=1S/C19H17N3O2/c23-19(21-11-17(20-13-21)15-7-3-1-4-8-15)22-12-18(24-14-22)16-9-5-2-6-10-16/h1-11,13,18H,12,14H2. The predicted molar refractivity (Wildman–Crippen MR) is 90.3 cm³/mol. The maximum Gasteiger partial charge on any atom is 0.331 e. The van der Waals surface area contributed by atoms with E-state index in [4.69, 9.17) is 4.74 Å². The van der Waals surface area contributed by atoms with Crippen LogP contribution in [0.1, 0.15) is 11.7 Å². The number of imidazole rings is 1. The molecule has 0 radical (unpaired) electrons. The Morgan fingerprint density at radius 2 is 1.75 bits per heavy atom. The number of rotatable bonds is 2. The van der Waals surface area contributed by atoms with Crippen LogP contribution in [0.2, 0.25) is 0 Å². The quantitative estimate of drug-likeness (QED) is 0.726. The molecule has 5 nitrogen and oxygen atoms in total. The molecule has 0 bridgehead atoms. The average molecular weight is 319 g/mol. The minimum Gasteiger partial charge on any atom is -0.351 e. The van der Waals surface area contributed by atoms with Crippen molar-refractivity contribution in [3.8, 4) is 11.3 Å². The Hall–Kier alpha value is -2.92. The fourth-order valence-electron chi connectivity index (χ4n) is 2.84. The number of aromatic nitrogens is 2. The Kier molecular flexibility index (Phi) is 3.84. The predicted octanol–water partition coefficient (Wildman–Crippen LogP) is 3.55. The summed E-state index contributed by atoms with van der Waals surface area (Å²) in [6.07, 6.45) is 3.24. The summed E-state index contributed by atoms with van der Waals surface area (Å²) in [6, 6.07) is 19.6. The largest absolute Gasteiger partial charge is 0.351 e. The third-order valence-corrected chi connectivity index (χ3v) is 4.13. The molecule has 5 heteroatoms. The molecule has 1 unspecified atom stereocenters. The van der Waals surface area contributed by atoms with Gasteiger partial charge >= 0.3 is 6.03 Å². The molecule has 1 saturated heterocycles. The van der Waals surface area contributed by atoms with E-state index in [0.29, 0.717) is 6.54 Å². The summed E-state index contributed by atoms with van der Waals surface area (Å²) in [5, 5.41) is 0. The molecule has 3 aromatic rings. The van der Waals surface area contributed by atoms with Crippen LogP contribution in [0.3, 0.4) is 0 Å². The van der Waals surface area contributed by atoms with E-state index in [0.717, 1.165) is 16.8 Å². The Morgan fingerprint density at radius 1 is 1.04 bits per heavy atom. The van der Waals surface area contributed by atoms with Crippen LogP contribution in [0.25, 0.3) is 11.3 Å². The van der Waals surface area contributed by atoms with Gasteiger partial charge in [-0.1, -0.05) is 60.7 Å². The van der Waals surface area contributed by atoms with Crippen molar-refractivity contribution in [3.05, 3.63) is 78.8 Å². The van der Waals surface area contributed by atoms with Crippen molar-refractivity contribution in [2.24, 2.45) is 0 Å². The monoisotopic (exact) mass is 319 g/mol. The number of benzene rings is 2. The van der Waals surface area contributed by atoms with Gasteiger partial charge in [-0.2, -0.15) is 0 Å². The highest BCUT2D eigenvalue weighted by Crippen LogP contribution is 2.25. The molecule has 1 atom stereocenters. The van der Waals surface area contributed by atoms with Gasteiger partial charge in [-0.15, -0.1) is 0 Å². The molecule has 1 aromatic heterocycles. The van der Waals surface area contributed by atoms with Gasteiger partial charge in [0.25, 0.3) is 0 Å². The lowest BCUT2D eigenvalue weighted by molar-refractivity contribution is 0.0954. The van der Waals surface area contributed by atoms with E-state index in [-0.39, 0.29) is 18.9 Å². The lowest BCUT2D eigenvalue weighted by atomic mass is 10.1. The second-order valence-corrected chi connectivity index (χ2v) is 5.73. The number of ether oxygens (including phenoxy) is 1. The number of carbonyl (C=O) groups is 1. The molecule has 0 saturated carbocycles. The minimum absolute atomic E-state index is 0.0766. The molecule has 120 valence electrons. The molecule has 1 aliphatic rings. The fraction of sp³-hybridized carbons (Fsp3) is 0.158. The molecular formula is C19H17N3O2. The van der Waals surface area contributed by atoms with Crippen LogP contribution in [0.5, 0.6) is 0 Å². The zero-order valence-corrected chi connectivity index (χ0v) is 13.1. The molecule has 4 rings (SSSR count). The van der Waals surface area contributed by atoms with Crippen LogP contribution in [0.15, 0.2) is 73.2 Å². The van der Waals surface area contributed by atoms with Gasteiger partial charge < -0.3 is 4.74 Å². The SMILES string of the molecule is O=C(N1COC(c2ccccc2)C1)n1cnc(-c2ccccc2)c1. The first-order chi connectivity index (χ1) is 11.8. The number of carbonyl (C=O) groups excluding carboxylic acids is 1. The molecule has 24 heavy (non-hydrogen) atoms. The molecular weight excluding hydrogens is 302 g/mol. The topological polar surface area (TPSA) is 47.4 Å². The third-order valence-electron chi connectivity index (χ3n) is 4.13. The molecule has 2 aromatic carbocycles. The van der Waals surface area contributed by atoms with Crippen LogP contribution < -0.4 is 0 Å². The highest BCUT2D eigenvalue weighted by Gasteiger charge is 2.28.